The lowest BCUT2D eigenvalue weighted by molar-refractivity contribution is 0.491. The lowest BCUT2D eigenvalue weighted by atomic mass is 10.2. The van der Waals surface area contributed by atoms with Crippen molar-refractivity contribution in [2.24, 2.45) is 0 Å². The molecule has 0 saturated heterocycles. The number of halogens is 1. The number of benzene rings is 1. The molecule has 0 amide bonds. The summed E-state index contributed by atoms with van der Waals surface area (Å²) in [7, 11) is 0. The first kappa shape index (κ1) is 14.1. The van der Waals surface area contributed by atoms with Crippen molar-refractivity contribution in [2.75, 3.05) is 13.1 Å². The Morgan fingerprint density at radius 1 is 1.32 bits per heavy atom. The molecule has 0 atom stereocenters. The molecule has 0 fully saturated rings. The molecule has 19 heavy (non-hydrogen) atoms. The predicted molar refractivity (Wildman–Crippen MR) is 78.4 cm³/mol. The normalized spacial score (nSPS) is 10.8. The predicted octanol–water partition coefficient (Wildman–Crippen LogP) is 3.93. The minimum Gasteiger partial charge on any atom is -0.441 e. The summed E-state index contributed by atoms with van der Waals surface area (Å²) >= 11 is 5.96. The summed E-state index contributed by atoms with van der Waals surface area (Å²) in [5.41, 5.74) is 0.968. The van der Waals surface area contributed by atoms with Gasteiger partial charge in [0.2, 0.25) is 0 Å². The molecule has 2 rings (SSSR count). The van der Waals surface area contributed by atoms with Gasteiger partial charge >= 0.3 is 0 Å². The number of aromatic nitrogens is 1. The van der Waals surface area contributed by atoms with Gasteiger partial charge in [0.1, 0.15) is 0 Å². The maximum Gasteiger partial charge on any atom is 0.194 e. The van der Waals surface area contributed by atoms with E-state index in [1.807, 2.05) is 24.3 Å². The molecule has 102 valence electrons. The van der Waals surface area contributed by atoms with Crippen molar-refractivity contribution in [1.29, 1.82) is 0 Å². The van der Waals surface area contributed by atoms with E-state index in [0.717, 1.165) is 49.6 Å². The lowest BCUT2D eigenvalue weighted by Crippen LogP contribution is -2.16. The average molecular weight is 279 g/mol. The molecule has 1 aromatic carbocycles. The maximum atomic E-state index is 5.96. The summed E-state index contributed by atoms with van der Waals surface area (Å²) < 4.78 is 5.73. The molecule has 4 heteroatoms. The minimum absolute atomic E-state index is 0.708. The zero-order chi connectivity index (χ0) is 13.5. The second-order valence-corrected chi connectivity index (χ2v) is 4.92. The first-order chi connectivity index (χ1) is 9.29. The molecular weight excluding hydrogens is 260 g/mol. The van der Waals surface area contributed by atoms with E-state index in [0.29, 0.717) is 5.02 Å². The van der Waals surface area contributed by atoms with E-state index in [1.54, 1.807) is 6.20 Å². The molecular formula is C15H19ClN2O. The lowest BCUT2D eigenvalue weighted by Gasteiger charge is -2.00. The van der Waals surface area contributed by atoms with E-state index in [-0.39, 0.29) is 0 Å². The van der Waals surface area contributed by atoms with Crippen LogP contribution in [0.1, 0.15) is 25.7 Å². The van der Waals surface area contributed by atoms with Gasteiger partial charge in [0, 0.05) is 17.0 Å². The van der Waals surface area contributed by atoms with Crippen LogP contribution in [0.25, 0.3) is 11.3 Å². The van der Waals surface area contributed by atoms with E-state index < -0.39 is 0 Å². The fraction of sp³-hybridized carbons (Fsp3) is 0.400. The Morgan fingerprint density at radius 3 is 3.00 bits per heavy atom. The van der Waals surface area contributed by atoms with Gasteiger partial charge < -0.3 is 9.73 Å². The van der Waals surface area contributed by atoms with Gasteiger partial charge in [-0.25, -0.2) is 4.98 Å². The number of hydrogen-bond donors (Lipinski definition) is 1. The van der Waals surface area contributed by atoms with Crippen LogP contribution in [0.4, 0.5) is 0 Å². The highest BCUT2D eigenvalue weighted by molar-refractivity contribution is 6.30. The fourth-order valence-corrected chi connectivity index (χ4v) is 2.06. The van der Waals surface area contributed by atoms with E-state index in [9.17, 15) is 0 Å². The van der Waals surface area contributed by atoms with Crippen molar-refractivity contribution in [3.05, 3.63) is 41.4 Å². The molecule has 0 aliphatic carbocycles. The third kappa shape index (κ3) is 4.37. The highest BCUT2D eigenvalue weighted by Gasteiger charge is 2.06. The number of nitrogens with one attached hydrogen (secondary N) is 1. The summed E-state index contributed by atoms with van der Waals surface area (Å²) in [4.78, 5) is 4.30. The van der Waals surface area contributed by atoms with Crippen molar-refractivity contribution in [3.8, 4) is 11.3 Å². The van der Waals surface area contributed by atoms with E-state index in [4.69, 9.17) is 16.0 Å². The van der Waals surface area contributed by atoms with Crippen molar-refractivity contribution >= 4 is 11.6 Å². The van der Waals surface area contributed by atoms with Gasteiger partial charge in [-0.15, -0.1) is 0 Å². The average Bonchev–Trinajstić information content (AvgIpc) is 2.87. The molecule has 1 N–H and O–H groups in total. The van der Waals surface area contributed by atoms with Crippen molar-refractivity contribution in [2.45, 2.75) is 26.2 Å². The highest BCUT2D eigenvalue weighted by Crippen LogP contribution is 2.23. The second kappa shape index (κ2) is 7.31. The Labute approximate surface area is 119 Å². The summed E-state index contributed by atoms with van der Waals surface area (Å²) in [6, 6.07) is 7.61. The number of nitrogens with zero attached hydrogens (tertiary/aromatic N) is 1. The smallest absolute Gasteiger partial charge is 0.194 e. The van der Waals surface area contributed by atoms with Crippen LogP contribution < -0.4 is 5.32 Å². The Kier molecular flexibility index (Phi) is 5.43. The van der Waals surface area contributed by atoms with Gasteiger partial charge in [-0.1, -0.05) is 30.7 Å². The Bertz CT molecular complexity index is 510. The SMILES string of the molecule is CCCNCCCc1ncc(-c2cccc(Cl)c2)o1. The van der Waals surface area contributed by atoms with Gasteiger partial charge in [-0.05, 0) is 38.1 Å². The van der Waals surface area contributed by atoms with Crippen LogP contribution in [0, 0.1) is 0 Å². The van der Waals surface area contributed by atoms with Crippen LogP contribution in [0.3, 0.4) is 0 Å². The van der Waals surface area contributed by atoms with Gasteiger partial charge in [-0.3, -0.25) is 0 Å². The monoisotopic (exact) mass is 278 g/mol. The van der Waals surface area contributed by atoms with E-state index in [1.165, 1.54) is 0 Å². The van der Waals surface area contributed by atoms with Crippen molar-refractivity contribution in [3.63, 3.8) is 0 Å². The van der Waals surface area contributed by atoms with Crippen molar-refractivity contribution < 1.29 is 4.42 Å². The van der Waals surface area contributed by atoms with Crippen LogP contribution in [0.2, 0.25) is 5.02 Å². The van der Waals surface area contributed by atoms with Crippen LogP contribution in [-0.2, 0) is 6.42 Å². The number of aryl methyl sites for hydroxylation is 1. The molecule has 0 spiro atoms. The summed E-state index contributed by atoms with van der Waals surface area (Å²) in [6.07, 6.45) is 4.82. The summed E-state index contributed by atoms with van der Waals surface area (Å²) in [5, 5.41) is 4.07. The highest BCUT2D eigenvalue weighted by atomic mass is 35.5. The fourth-order valence-electron chi connectivity index (χ4n) is 1.87. The molecule has 1 heterocycles. The van der Waals surface area contributed by atoms with Crippen LogP contribution in [-0.4, -0.2) is 18.1 Å². The van der Waals surface area contributed by atoms with Crippen LogP contribution >= 0.6 is 11.6 Å². The quantitative estimate of drug-likeness (QED) is 0.780. The molecule has 3 nitrogen and oxygen atoms in total. The number of rotatable bonds is 7. The Balaban J connectivity index is 1.88. The largest absolute Gasteiger partial charge is 0.441 e. The molecule has 0 bridgehead atoms. The van der Waals surface area contributed by atoms with Gasteiger partial charge in [-0.2, -0.15) is 0 Å². The van der Waals surface area contributed by atoms with Gasteiger partial charge in [0.15, 0.2) is 11.7 Å². The number of oxazole rings is 1. The standard InChI is InChI=1S/C15H19ClN2O/c1-2-8-17-9-4-7-15-18-11-14(19-15)12-5-3-6-13(16)10-12/h3,5-6,10-11,17H,2,4,7-9H2,1H3. The third-order valence-corrected chi connectivity index (χ3v) is 3.07. The zero-order valence-electron chi connectivity index (χ0n) is 11.2. The van der Waals surface area contributed by atoms with E-state index in [2.05, 4.69) is 17.2 Å². The third-order valence-electron chi connectivity index (χ3n) is 2.83. The van der Waals surface area contributed by atoms with Crippen molar-refractivity contribution in [1.82, 2.24) is 10.3 Å². The van der Waals surface area contributed by atoms with E-state index >= 15 is 0 Å². The molecule has 0 unspecified atom stereocenters. The zero-order valence-corrected chi connectivity index (χ0v) is 11.9. The summed E-state index contributed by atoms with van der Waals surface area (Å²) in [6.45, 7) is 4.24. The Hall–Kier alpha value is -1.32. The Morgan fingerprint density at radius 2 is 2.21 bits per heavy atom. The topological polar surface area (TPSA) is 38.1 Å². The number of hydrogen-bond acceptors (Lipinski definition) is 3. The molecule has 0 aliphatic rings. The first-order valence-electron chi connectivity index (χ1n) is 6.71. The molecule has 2 aromatic rings. The minimum atomic E-state index is 0.708. The molecule has 1 aromatic heterocycles. The summed E-state index contributed by atoms with van der Waals surface area (Å²) in [5.74, 6) is 1.56. The van der Waals surface area contributed by atoms with Crippen LogP contribution in [0.15, 0.2) is 34.9 Å². The maximum absolute atomic E-state index is 5.96. The molecule has 0 radical (unpaired) electrons. The molecule has 0 saturated carbocycles. The molecule has 0 aliphatic heterocycles. The van der Waals surface area contributed by atoms with Gasteiger partial charge in [0.25, 0.3) is 0 Å². The second-order valence-electron chi connectivity index (χ2n) is 4.48. The van der Waals surface area contributed by atoms with Crippen LogP contribution in [0.5, 0.6) is 0 Å². The first-order valence-corrected chi connectivity index (χ1v) is 7.08. The van der Waals surface area contributed by atoms with Gasteiger partial charge in [0.05, 0.1) is 6.20 Å².